The first-order valence-corrected chi connectivity index (χ1v) is 9.74. The van der Waals surface area contributed by atoms with Gasteiger partial charge < -0.3 is 25.5 Å². The SMILES string of the molecule is C[C@H](NC(=O)c1cc2ccccc2n1Cc1ccccc1)C(=O)[C@H](C=O)C(N)C(=O)O. The number of ketones is 1. The number of para-hydroxylation sites is 1. The molecule has 1 unspecified atom stereocenters. The monoisotopic (exact) mass is 421 g/mol. The number of rotatable bonds is 9. The first kappa shape index (κ1) is 21.9. The van der Waals surface area contributed by atoms with Crippen LogP contribution in [-0.2, 0) is 20.9 Å². The van der Waals surface area contributed by atoms with Gasteiger partial charge >= 0.3 is 5.97 Å². The van der Waals surface area contributed by atoms with Crippen molar-refractivity contribution in [3.63, 3.8) is 0 Å². The van der Waals surface area contributed by atoms with Gasteiger partial charge in [0.1, 0.15) is 23.9 Å². The summed E-state index contributed by atoms with van der Waals surface area (Å²) in [6.07, 6.45) is 0.205. The zero-order valence-corrected chi connectivity index (χ0v) is 16.9. The molecule has 0 bridgehead atoms. The van der Waals surface area contributed by atoms with Gasteiger partial charge in [-0.3, -0.25) is 14.4 Å². The second-order valence-corrected chi connectivity index (χ2v) is 7.28. The molecular weight excluding hydrogens is 398 g/mol. The predicted octanol–water partition coefficient (Wildman–Crippen LogP) is 1.60. The summed E-state index contributed by atoms with van der Waals surface area (Å²) < 4.78 is 1.84. The van der Waals surface area contributed by atoms with Crippen molar-refractivity contribution in [2.24, 2.45) is 11.7 Å². The van der Waals surface area contributed by atoms with Crippen molar-refractivity contribution in [3.8, 4) is 0 Å². The topological polar surface area (TPSA) is 131 Å². The van der Waals surface area contributed by atoms with Gasteiger partial charge in [-0.25, -0.2) is 0 Å². The molecule has 0 fully saturated rings. The third kappa shape index (κ3) is 4.70. The summed E-state index contributed by atoms with van der Waals surface area (Å²) in [5.74, 6) is -4.29. The maximum Gasteiger partial charge on any atom is 0.321 e. The van der Waals surface area contributed by atoms with E-state index in [0.29, 0.717) is 12.2 Å². The van der Waals surface area contributed by atoms with E-state index in [0.717, 1.165) is 16.5 Å². The number of amides is 1. The molecule has 160 valence electrons. The molecule has 0 aliphatic carbocycles. The number of carboxylic acid groups (broad SMARTS) is 1. The van der Waals surface area contributed by atoms with Crippen molar-refractivity contribution < 1.29 is 24.3 Å². The molecule has 0 saturated carbocycles. The van der Waals surface area contributed by atoms with Crippen LogP contribution in [0.15, 0.2) is 60.7 Å². The number of benzene rings is 2. The average Bonchev–Trinajstić information content (AvgIpc) is 3.13. The Morgan fingerprint density at radius 1 is 1.10 bits per heavy atom. The molecule has 1 amide bonds. The predicted molar refractivity (Wildman–Crippen MR) is 115 cm³/mol. The highest BCUT2D eigenvalue weighted by Gasteiger charge is 2.34. The van der Waals surface area contributed by atoms with Crippen LogP contribution >= 0.6 is 0 Å². The number of Topliss-reactive ketones (excluding diaryl/α,β-unsaturated/α-hetero) is 1. The Morgan fingerprint density at radius 3 is 2.39 bits per heavy atom. The van der Waals surface area contributed by atoms with Crippen LogP contribution in [0.1, 0.15) is 23.0 Å². The smallest absolute Gasteiger partial charge is 0.321 e. The van der Waals surface area contributed by atoms with Crippen LogP contribution in [0.4, 0.5) is 0 Å². The van der Waals surface area contributed by atoms with Gasteiger partial charge in [0.2, 0.25) is 0 Å². The van der Waals surface area contributed by atoms with Crippen LogP contribution in [0, 0.1) is 5.92 Å². The highest BCUT2D eigenvalue weighted by molar-refractivity contribution is 6.05. The Labute approximate surface area is 178 Å². The molecule has 3 atom stereocenters. The number of aromatic nitrogens is 1. The van der Waals surface area contributed by atoms with Crippen molar-refractivity contribution in [1.29, 1.82) is 0 Å². The maximum atomic E-state index is 13.0. The summed E-state index contributed by atoms with van der Waals surface area (Å²) in [5.41, 5.74) is 7.64. The number of aldehydes is 1. The van der Waals surface area contributed by atoms with Crippen molar-refractivity contribution in [2.75, 3.05) is 0 Å². The van der Waals surface area contributed by atoms with Crippen LogP contribution in [0.5, 0.6) is 0 Å². The van der Waals surface area contributed by atoms with Gasteiger partial charge in [-0.05, 0) is 24.6 Å². The van der Waals surface area contributed by atoms with Crippen LogP contribution in [0.3, 0.4) is 0 Å². The van der Waals surface area contributed by atoms with E-state index >= 15 is 0 Å². The van der Waals surface area contributed by atoms with Crippen LogP contribution in [0.25, 0.3) is 10.9 Å². The number of aliphatic carboxylic acids is 1. The standard InChI is InChI=1S/C23H23N3O5/c1-14(21(28)17(13-27)20(24)23(30)31)25-22(29)19-11-16-9-5-6-10-18(16)26(19)12-15-7-3-2-4-8-15/h2-11,13-14,17,20H,12,24H2,1H3,(H,25,29)(H,30,31)/t14-,17+,20?/m0/s1. The summed E-state index contributed by atoms with van der Waals surface area (Å²) in [4.78, 5) is 47.9. The van der Waals surface area contributed by atoms with E-state index in [1.807, 2.05) is 59.2 Å². The molecule has 0 spiro atoms. The maximum absolute atomic E-state index is 13.0. The summed E-state index contributed by atoms with van der Waals surface area (Å²) in [6, 6.07) is 16.1. The Kier molecular flexibility index (Phi) is 6.61. The van der Waals surface area contributed by atoms with E-state index in [2.05, 4.69) is 5.32 Å². The van der Waals surface area contributed by atoms with E-state index in [-0.39, 0.29) is 6.29 Å². The van der Waals surface area contributed by atoms with E-state index in [4.69, 9.17) is 10.8 Å². The highest BCUT2D eigenvalue weighted by atomic mass is 16.4. The van der Waals surface area contributed by atoms with Gasteiger partial charge in [0.05, 0.1) is 6.04 Å². The lowest BCUT2D eigenvalue weighted by Crippen LogP contribution is -2.50. The molecule has 1 heterocycles. The number of carbonyl (C=O) groups is 4. The van der Waals surface area contributed by atoms with Gasteiger partial charge in [0, 0.05) is 17.4 Å². The molecule has 1 aromatic heterocycles. The fourth-order valence-electron chi connectivity index (χ4n) is 3.45. The Balaban J connectivity index is 1.88. The molecule has 8 heteroatoms. The van der Waals surface area contributed by atoms with Gasteiger partial charge in [0.15, 0.2) is 5.78 Å². The average molecular weight is 421 g/mol. The normalized spacial score (nSPS) is 13.9. The van der Waals surface area contributed by atoms with Crippen LogP contribution in [0.2, 0.25) is 0 Å². The third-order valence-corrected chi connectivity index (χ3v) is 5.15. The van der Waals surface area contributed by atoms with E-state index in [1.54, 1.807) is 6.07 Å². The van der Waals surface area contributed by atoms with Gasteiger partial charge in [0.25, 0.3) is 5.91 Å². The molecular formula is C23H23N3O5. The Morgan fingerprint density at radius 2 is 1.74 bits per heavy atom. The molecule has 4 N–H and O–H groups in total. The molecule has 0 aliphatic rings. The summed E-state index contributed by atoms with van der Waals surface area (Å²) >= 11 is 0. The molecule has 3 rings (SSSR count). The van der Waals surface area contributed by atoms with Gasteiger partial charge in [-0.1, -0.05) is 48.5 Å². The molecule has 0 aliphatic heterocycles. The highest BCUT2D eigenvalue weighted by Crippen LogP contribution is 2.21. The minimum Gasteiger partial charge on any atom is -0.480 e. The van der Waals surface area contributed by atoms with E-state index in [9.17, 15) is 19.2 Å². The van der Waals surface area contributed by atoms with Crippen molar-refractivity contribution >= 4 is 34.8 Å². The fourth-order valence-corrected chi connectivity index (χ4v) is 3.45. The molecule has 3 aromatic rings. The van der Waals surface area contributed by atoms with E-state index in [1.165, 1.54) is 6.92 Å². The largest absolute Gasteiger partial charge is 0.480 e. The number of nitrogens with zero attached hydrogens (tertiary/aromatic N) is 1. The number of hydrogen-bond donors (Lipinski definition) is 3. The molecule has 2 aromatic carbocycles. The van der Waals surface area contributed by atoms with Crippen molar-refractivity contribution in [1.82, 2.24) is 9.88 Å². The fraction of sp³-hybridized carbons (Fsp3) is 0.217. The quantitative estimate of drug-likeness (QED) is 0.355. The first-order valence-electron chi connectivity index (χ1n) is 9.74. The van der Waals surface area contributed by atoms with E-state index < -0.39 is 35.7 Å². The number of carbonyl (C=O) groups excluding carboxylic acids is 3. The number of fused-ring (bicyclic) bond motifs is 1. The van der Waals surface area contributed by atoms with Gasteiger partial charge in [-0.15, -0.1) is 0 Å². The Bertz CT molecular complexity index is 1120. The third-order valence-electron chi connectivity index (χ3n) is 5.15. The summed E-state index contributed by atoms with van der Waals surface area (Å²) in [7, 11) is 0. The number of hydrogen-bond acceptors (Lipinski definition) is 5. The number of carboxylic acids is 1. The second kappa shape index (κ2) is 9.36. The Hall–Kier alpha value is -3.78. The number of nitrogens with two attached hydrogens (primary N) is 1. The van der Waals surface area contributed by atoms with Crippen molar-refractivity contribution in [3.05, 3.63) is 71.9 Å². The minimum absolute atomic E-state index is 0.205. The first-order chi connectivity index (χ1) is 14.8. The summed E-state index contributed by atoms with van der Waals surface area (Å²) in [6.45, 7) is 1.84. The lowest BCUT2D eigenvalue weighted by molar-refractivity contribution is -0.144. The minimum atomic E-state index is -1.67. The van der Waals surface area contributed by atoms with Crippen LogP contribution < -0.4 is 11.1 Å². The molecule has 8 nitrogen and oxygen atoms in total. The van der Waals surface area contributed by atoms with Crippen LogP contribution in [-0.4, -0.2) is 45.7 Å². The zero-order valence-electron chi connectivity index (χ0n) is 16.9. The van der Waals surface area contributed by atoms with Gasteiger partial charge in [-0.2, -0.15) is 0 Å². The molecule has 0 saturated heterocycles. The molecule has 0 radical (unpaired) electrons. The lowest BCUT2D eigenvalue weighted by Gasteiger charge is -2.20. The lowest BCUT2D eigenvalue weighted by atomic mass is 9.93. The molecule has 31 heavy (non-hydrogen) atoms. The number of nitrogens with one attached hydrogen (secondary N) is 1. The van der Waals surface area contributed by atoms with Crippen molar-refractivity contribution in [2.45, 2.75) is 25.6 Å². The zero-order chi connectivity index (χ0) is 22.5. The second-order valence-electron chi connectivity index (χ2n) is 7.28. The summed E-state index contributed by atoms with van der Waals surface area (Å²) in [5, 5.41) is 12.4.